The van der Waals surface area contributed by atoms with E-state index in [2.05, 4.69) is 6.92 Å². The van der Waals surface area contributed by atoms with Crippen molar-refractivity contribution in [2.45, 2.75) is 45.4 Å². The molecule has 98 valence electrons. The topological polar surface area (TPSA) is 46.4 Å². The number of amidine groups is 1. The van der Waals surface area contributed by atoms with Gasteiger partial charge in [-0.05, 0) is 12.8 Å². The van der Waals surface area contributed by atoms with E-state index in [1.54, 1.807) is 4.58 Å². The summed E-state index contributed by atoms with van der Waals surface area (Å²) in [6.45, 7) is 4.66. The van der Waals surface area contributed by atoms with E-state index in [-0.39, 0.29) is 0 Å². The molecule has 1 aliphatic rings. The number of unbranched alkanes of at least 4 members (excludes halogenated alkanes) is 5. The molecule has 4 heteroatoms. The minimum Gasteiger partial charge on any atom is -0.538 e. The van der Waals surface area contributed by atoms with E-state index in [1.807, 2.05) is 11.9 Å². The highest BCUT2D eigenvalue weighted by molar-refractivity contribution is 6.31. The second-order valence-electron chi connectivity index (χ2n) is 4.79. The van der Waals surface area contributed by atoms with Crippen molar-refractivity contribution in [2.75, 3.05) is 26.7 Å². The molecule has 0 fully saturated rings. The largest absolute Gasteiger partial charge is 0.538 e. The Morgan fingerprint density at radius 3 is 2.59 bits per heavy atom. The predicted molar refractivity (Wildman–Crippen MR) is 66.0 cm³/mol. The summed E-state index contributed by atoms with van der Waals surface area (Å²) in [5.74, 6) is -0.686. The molecule has 1 heterocycles. The fraction of sp³-hybridized carbons (Fsp3) is 0.846. The van der Waals surface area contributed by atoms with Gasteiger partial charge in [-0.1, -0.05) is 32.6 Å². The molecule has 0 unspecified atom stereocenters. The smallest absolute Gasteiger partial charge is 0.295 e. The van der Waals surface area contributed by atoms with Gasteiger partial charge < -0.3 is 9.90 Å². The number of rotatable bonds is 8. The minimum atomic E-state index is -1.05. The van der Waals surface area contributed by atoms with Gasteiger partial charge in [-0.15, -0.1) is 0 Å². The Balaban J connectivity index is 2.22. The van der Waals surface area contributed by atoms with Crippen LogP contribution in [-0.4, -0.2) is 48.0 Å². The maximum atomic E-state index is 11.0. The maximum Gasteiger partial charge on any atom is 0.295 e. The van der Waals surface area contributed by atoms with Crippen molar-refractivity contribution in [3.63, 3.8) is 0 Å². The van der Waals surface area contributed by atoms with Crippen LogP contribution in [0.3, 0.4) is 0 Å². The summed E-state index contributed by atoms with van der Waals surface area (Å²) < 4.78 is 1.77. The van der Waals surface area contributed by atoms with Crippen LogP contribution in [0.2, 0.25) is 0 Å². The van der Waals surface area contributed by atoms with Crippen molar-refractivity contribution in [1.82, 2.24) is 4.90 Å². The zero-order valence-electron chi connectivity index (χ0n) is 11.1. The third kappa shape index (κ3) is 4.36. The van der Waals surface area contributed by atoms with Gasteiger partial charge in [0.2, 0.25) is 0 Å². The highest BCUT2D eigenvalue weighted by atomic mass is 16.4. The Morgan fingerprint density at radius 2 is 1.94 bits per heavy atom. The van der Waals surface area contributed by atoms with Crippen molar-refractivity contribution >= 4 is 11.8 Å². The molecule has 0 saturated heterocycles. The maximum absolute atomic E-state index is 11.0. The van der Waals surface area contributed by atoms with Crippen molar-refractivity contribution in [2.24, 2.45) is 0 Å². The zero-order chi connectivity index (χ0) is 12.7. The summed E-state index contributed by atoms with van der Waals surface area (Å²) in [5.41, 5.74) is 0. The molecular weight excluding hydrogens is 216 g/mol. The van der Waals surface area contributed by atoms with E-state index in [9.17, 15) is 9.90 Å². The van der Waals surface area contributed by atoms with Gasteiger partial charge >= 0.3 is 0 Å². The van der Waals surface area contributed by atoms with Crippen LogP contribution in [0.15, 0.2) is 0 Å². The lowest BCUT2D eigenvalue weighted by Gasteiger charge is -2.13. The minimum absolute atomic E-state index is 0.360. The predicted octanol–water partition coefficient (Wildman–Crippen LogP) is 0.453. The molecule has 0 N–H and O–H groups in total. The number of nitrogens with zero attached hydrogens (tertiary/aromatic N) is 2. The van der Waals surface area contributed by atoms with Crippen LogP contribution in [0, 0.1) is 0 Å². The van der Waals surface area contributed by atoms with Gasteiger partial charge in [0.15, 0.2) is 5.97 Å². The van der Waals surface area contributed by atoms with Crippen LogP contribution in [-0.2, 0) is 4.79 Å². The summed E-state index contributed by atoms with van der Waals surface area (Å²) in [5, 5.41) is 11.0. The molecule has 0 spiro atoms. The van der Waals surface area contributed by atoms with E-state index < -0.39 is 5.97 Å². The molecule has 0 aromatic rings. The fourth-order valence-electron chi connectivity index (χ4n) is 2.31. The number of carbonyl (C=O) groups excluding carboxylic acids is 1. The third-order valence-electron chi connectivity index (χ3n) is 3.33. The van der Waals surface area contributed by atoms with E-state index in [0.29, 0.717) is 5.84 Å². The lowest BCUT2D eigenvalue weighted by molar-refractivity contribution is -0.488. The number of hydrogen-bond acceptors (Lipinski definition) is 3. The Morgan fingerprint density at radius 1 is 1.29 bits per heavy atom. The SMILES string of the molecule is CCCCCCCCN1CC[N+](C)=C1C(=O)[O-]. The quantitative estimate of drug-likeness (QED) is 0.457. The molecular formula is C13H24N2O2. The van der Waals surface area contributed by atoms with Gasteiger partial charge in [-0.25, -0.2) is 0 Å². The third-order valence-corrected chi connectivity index (χ3v) is 3.33. The Labute approximate surface area is 104 Å². The number of aliphatic carboxylic acids is 1. The van der Waals surface area contributed by atoms with Crippen LogP contribution >= 0.6 is 0 Å². The molecule has 0 aliphatic carbocycles. The fourth-order valence-corrected chi connectivity index (χ4v) is 2.31. The lowest BCUT2D eigenvalue weighted by atomic mass is 10.1. The molecule has 0 radical (unpaired) electrons. The molecule has 4 nitrogen and oxygen atoms in total. The van der Waals surface area contributed by atoms with Gasteiger partial charge in [-0.2, -0.15) is 0 Å². The zero-order valence-corrected chi connectivity index (χ0v) is 11.1. The number of hydrogen-bond donors (Lipinski definition) is 0. The molecule has 0 aromatic carbocycles. The molecule has 1 aliphatic heterocycles. The van der Waals surface area contributed by atoms with Crippen LogP contribution in [0.25, 0.3) is 0 Å². The van der Waals surface area contributed by atoms with Crippen LogP contribution in [0.5, 0.6) is 0 Å². The first-order chi connectivity index (χ1) is 8.16. The summed E-state index contributed by atoms with van der Waals surface area (Å²) in [7, 11) is 1.81. The van der Waals surface area contributed by atoms with Crippen molar-refractivity contribution in [1.29, 1.82) is 0 Å². The summed E-state index contributed by atoms with van der Waals surface area (Å²) in [6.07, 6.45) is 7.41. The average molecular weight is 240 g/mol. The molecule has 0 aromatic heterocycles. The molecule has 0 atom stereocenters. The second-order valence-corrected chi connectivity index (χ2v) is 4.79. The summed E-state index contributed by atoms with van der Waals surface area (Å²) in [6, 6.07) is 0. The first-order valence-corrected chi connectivity index (χ1v) is 6.71. The average Bonchev–Trinajstić information content (AvgIpc) is 2.65. The van der Waals surface area contributed by atoms with Crippen molar-refractivity contribution < 1.29 is 14.5 Å². The first-order valence-electron chi connectivity index (χ1n) is 6.71. The molecule has 1 rings (SSSR count). The molecule has 0 amide bonds. The van der Waals surface area contributed by atoms with Gasteiger partial charge in [0.1, 0.15) is 13.1 Å². The van der Waals surface area contributed by atoms with E-state index in [0.717, 1.165) is 26.1 Å². The number of carboxylic acid groups (broad SMARTS) is 1. The van der Waals surface area contributed by atoms with Gasteiger partial charge in [0.05, 0.1) is 13.6 Å². The first kappa shape index (κ1) is 14.0. The monoisotopic (exact) mass is 240 g/mol. The highest BCUT2D eigenvalue weighted by Gasteiger charge is 2.28. The van der Waals surface area contributed by atoms with Gasteiger partial charge in [-0.3, -0.25) is 9.48 Å². The van der Waals surface area contributed by atoms with Crippen LogP contribution < -0.4 is 5.11 Å². The number of carbonyl (C=O) groups is 1. The second kappa shape index (κ2) is 7.30. The Kier molecular flexibility index (Phi) is 6.01. The number of carboxylic acids is 1. The van der Waals surface area contributed by atoms with E-state index in [1.165, 1.54) is 32.1 Å². The normalized spacial score (nSPS) is 15.8. The van der Waals surface area contributed by atoms with Crippen LogP contribution in [0.4, 0.5) is 0 Å². The molecule has 0 saturated carbocycles. The Bertz CT molecular complexity index is 287. The Hall–Kier alpha value is -1.06. The molecule has 0 bridgehead atoms. The van der Waals surface area contributed by atoms with Gasteiger partial charge in [0.25, 0.3) is 5.84 Å². The number of likely N-dealkylation sites (N-methyl/N-ethyl adjacent to an activating group) is 1. The summed E-state index contributed by atoms with van der Waals surface area (Å²) >= 11 is 0. The van der Waals surface area contributed by atoms with E-state index in [4.69, 9.17) is 0 Å². The van der Waals surface area contributed by atoms with Gasteiger partial charge in [0, 0.05) is 0 Å². The van der Waals surface area contributed by atoms with Crippen LogP contribution in [0.1, 0.15) is 45.4 Å². The summed E-state index contributed by atoms with van der Waals surface area (Å²) in [4.78, 5) is 12.9. The standard InChI is InChI=1S/C13H24N2O2/c1-3-4-5-6-7-8-9-15-11-10-14(2)12(15)13(16)17/h3-11H2,1-2H3. The highest BCUT2D eigenvalue weighted by Crippen LogP contribution is 2.08. The van der Waals surface area contributed by atoms with Crippen molar-refractivity contribution in [3.8, 4) is 0 Å². The van der Waals surface area contributed by atoms with Crippen molar-refractivity contribution in [3.05, 3.63) is 0 Å². The molecule has 17 heavy (non-hydrogen) atoms. The lowest BCUT2D eigenvalue weighted by Crippen LogP contribution is -2.44. The van der Waals surface area contributed by atoms with E-state index >= 15 is 0 Å².